The van der Waals surface area contributed by atoms with Crippen LogP contribution in [0.25, 0.3) is 11.1 Å². The molecule has 3 aromatic rings. The summed E-state index contributed by atoms with van der Waals surface area (Å²) < 4.78 is 28.8. The largest absolute Gasteiger partial charge is 0.435 e. The first-order chi connectivity index (χ1) is 14.1. The van der Waals surface area contributed by atoms with E-state index in [0.29, 0.717) is 0 Å². The van der Waals surface area contributed by atoms with E-state index in [1.54, 1.807) is 12.1 Å². The predicted molar refractivity (Wildman–Crippen MR) is 112 cm³/mol. The summed E-state index contributed by atoms with van der Waals surface area (Å²) in [5.41, 5.74) is 8.54. The van der Waals surface area contributed by atoms with Gasteiger partial charge in [0.15, 0.2) is 0 Å². The number of fused-ring (bicyclic) bond motifs is 3. The number of hydrogen-bond acceptors (Lipinski definition) is 1. The van der Waals surface area contributed by atoms with E-state index >= 15 is 0 Å². The minimum absolute atomic E-state index is 0.139. The van der Waals surface area contributed by atoms with Crippen molar-refractivity contribution in [2.45, 2.75) is 39.2 Å². The standard InChI is InChI=1S/C26H22F2O/c1-2-3-19-8-14-24-21(16-19)10-11-22-17-20(9-15-25(22)24)5-4-18-6-12-23(13-7-18)29-26(27)28/h6-9,12-17,26H,2-3,10-11H2,1H3. The summed E-state index contributed by atoms with van der Waals surface area (Å²) >= 11 is 0. The smallest absolute Gasteiger partial charge is 0.387 e. The zero-order valence-electron chi connectivity index (χ0n) is 16.3. The van der Waals surface area contributed by atoms with Crippen LogP contribution in [0.15, 0.2) is 60.7 Å². The van der Waals surface area contributed by atoms with Gasteiger partial charge in [0.2, 0.25) is 0 Å². The Morgan fingerprint density at radius 2 is 1.45 bits per heavy atom. The lowest BCUT2D eigenvalue weighted by molar-refractivity contribution is -0.0498. The molecule has 0 unspecified atom stereocenters. The number of halogens is 2. The Kier molecular flexibility index (Phi) is 5.62. The molecule has 0 heterocycles. The van der Waals surface area contributed by atoms with E-state index < -0.39 is 6.61 Å². The highest BCUT2D eigenvalue weighted by atomic mass is 19.3. The number of alkyl halides is 2. The molecule has 0 spiro atoms. The van der Waals surface area contributed by atoms with Crippen molar-refractivity contribution < 1.29 is 13.5 Å². The number of aryl methyl sites for hydroxylation is 3. The molecular weight excluding hydrogens is 366 g/mol. The van der Waals surface area contributed by atoms with Gasteiger partial charge in [-0.25, -0.2) is 0 Å². The van der Waals surface area contributed by atoms with Crippen molar-refractivity contribution in [2.75, 3.05) is 0 Å². The highest BCUT2D eigenvalue weighted by molar-refractivity contribution is 5.74. The van der Waals surface area contributed by atoms with Crippen molar-refractivity contribution in [2.24, 2.45) is 0 Å². The van der Waals surface area contributed by atoms with Gasteiger partial charge in [0.25, 0.3) is 0 Å². The Balaban J connectivity index is 1.55. The zero-order chi connectivity index (χ0) is 20.2. The van der Waals surface area contributed by atoms with Crippen LogP contribution in [0.1, 0.15) is 41.2 Å². The first kappa shape index (κ1) is 19.2. The lowest BCUT2D eigenvalue weighted by atomic mass is 9.84. The third kappa shape index (κ3) is 4.49. The molecule has 0 aromatic heterocycles. The lowest BCUT2D eigenvalue weighted by Gasteiger charge is -2.21. The number of hydrogen-bond donors (Lipinski definition) is 0. The Bertz CT molecular complexity index is 1070. The molecule has 0 radical (unpaired) electrons. The number of rotatable bonds is 4. The fourth-order valence-corrected chi connectivity index (χ4v) is 3.84. The monoisotopic (exact) mass is 388 g/mol. The van der Waals surface area contributed by atoms with Crippen LogP contribution in [-0.4, -0.2) is 6.61 Å². The van der Waals surface area contributed by atoms with Crippen molar-refractivity contribution in [1.82, 2.24) is 0 Å². The van der Waals surface area contributed by atoms with Gasteiger partial charge in [0, 0.05) is 11.1 Å². The van der Waals surface area contributed by atoms with Crippen molar-refractivity contribution in [3.63, 3.8) is 0 Å². The summed E-state index contributed by atoms with van der Waals surface area (Å²) in [6.45, 7) is -0.603. The molecule has 1 aliphatic carbocycles. The SMILES string of the molecule is CCCc1ccc2c(c1)CCc1cc(C#Cc3ccc(OC(F)F)cc3)ccc1-2. The van der Waals surface area contributed by atoms with Gasteiger partial charge in [0.05, 0.1) is 0 Å². The predicted octanol–water partition coefficient (Wildman–Crippen LogP) is 6.41. The topological polar surface area (TPSA) is 9.23 Å². The van der Waals surface area contributed by atoms with Crippen molar-refractivity contribution in [3.05, 3.63) is 88.5 Å². The summed E-state index contributed by atoms with van der Waals surface area (Å²) in [6.07, 6.45) is 4.37. The summed E-state index contributed by atoms with van der Waals surface area (Å²) in [5, 5.41) is 0. The molecule has 0 N–H and O–H groups in total. The van der Waals surface area contributed by atoms with E-state index in [0.717, 1.165) is 30.4 Å². The number of benzene rings is 3. The second-order valence-electron chi connectivity index (χ2n) is 7.27. The Hall–Kier alpha value is -3.12. The van der Waals surface area contributed by atoms with Crippen LogP contribution in [0.4, 0.5) is 8.78 Å². The molecular formula is C26H22F2O. The van der Waals surface area contributed by atoms with Crippen LogP contribution >= 0.6 is 0 Å². The van der Waals surface area contributed by atoms with Gasteiger partial charge in [-0.1, -0.05) is 49.5 Å². The van der Waals surface area contributed by atoms with Gasteiger partial charge in [-0.05, 0) is 83.5 Å². The van der Waals surface area contributed by atoms with Gasteiger partial charge in [-0.2, -0.15) is 8.78 Å². The fourth-order valence-electron chi connectivity index (χ4n) is 3.84. The zero-order valence-corrected chi connectivity index (χ0v) is 16.3. The van der Waals surface area contributed by atoms with E-state index in [1.807, 2.05) is 0 Å². The first-order valence-corrected chi connectivity index (χ1v) is 9.94. The minimum atomic E-state index is -2.81. The second-order valence-corrected chi connectivity index (χ2v) is 7.27. The highest BCUT2D eigenvalue weighted by Gasteiger charge is 2.16. The first-order valence-electron chi connectivity index (χ1n) is 9.94. The van der Waals surface area contributed by atoms with E-state index in [9.17, 15) is 8.78 Å². The Morgan fingerprint density at radius 3 is 2.14 bits per heavy atom. The van der Waals surface area contributed by atoms with Gasteiger partial charge >= 0.3 is 6.61 Å². The lowest BCUT2D eigenvalue weighted by Crippen LogP contribution is -2.05. The summed E-state index contributed by atoms with van der Waals surface area (Å²) in [5.74, 6) is 6.42. The average molecular weight is 388 g/mol. The van der Waals surface area contributed by atoms with E-state index in [-0.39, 0.29) is 5.75 Å². The van der Waals surface area contributed by atoms with Gasteiger partial charge in [-0.3, -0.25) is 0 Å². The van der Waals surface area contributed by atoms with Crippen LogP contribution in [0, 0.1) is 11.8 Å². The van der Waals surface area contributed by atoms with Gasteiger partial charge in [0.1, 0.15) is 5.75 Å². The van der Waals surface area contributed by atoms with E-state index in [4.69, 9.17) is 0 Å². The number of ether oxygens (including phenoxy) is 1. The molecule has 0 bridgehead atoms. The molecule has 1 aliphatic rings. The van der Waals surface area contributed by atoms with E-state index in [2.05, 4.69) is 59.9 Å². The van der Waals surface area contributed by atoms with Crippen LogP contribution < -0.4 is 4.74 Å². The Morgan fingerprint density at radius 1 is 0.828 bits per heavy atom. The van der Waals surface area contributed by atoms with Crippen molar-refractivity contribution >= 4 is 0 Å². The molecule has 3 heteroatoms. The summed E-state index contributed by atoms with van der Waals surface area (Å²) in [4.78, 5) is 0. The third-order valence-electron chi connectivity index (χ3n) is 5.20. The van der Waals surface area contributed by atoms with Gasteiger partial charge < -0.3 is 4.74 Å². The maximum absolute atomic E-state index is 12.2. The molecule has 0 aliphatic heterocycles. The van der Waals surface area contributed by atoms with Gasteiger partial charge in [-0.15, -0.1) is 0 Å². The third-order valence-corrected chi connectivity index (χ3v) is 5.20. The molecule has 0 amide bonds. The second kappa shape index (κ2) is 8.49. The molecule has 1 nitrogen and oxygen atoms in total. The molecule has 146 valence electrons. The molecule has 0 atom stereocenters. The minimum Gasteiger partial charge on any atom is -0.435 e. The molecule has 29 heavy (non-hydrogen) atoms. The van der Waals surface area contributed by atoms with Crippen LogP contribution in [0.5, 0.6) is 5.75 Å². The van der Waals surface area contributed by atoms with Crippen LogP contribution in [0.2, 0.25) is 0 Å². The van der Waals surface area contributed by atoms with Crippen molar-refractivity contribution in [3.8, 4) is 28.7 Å². The fraction of sp³-hybridized carbons (Fsp3) is 0.231. The molecule has 3 aromatic carbocycles. The molecule has 4 rings (SSSR count). The van der Waals surface area contributed by atoms with Crippen LogP contribution in [-0.2, 0) is 19.3 Å². The Labute approximate surface area is 170 Å². The van der Waals surface area contributed by atoms with Crippen molar-refractivity contribution in [1.29, 1.82) is 0 Å². The van der Waals surface area contributed by atoms with E-state index in [1.165, 1.54) is 46.4 Å². The maximum atomic E-state index is 12.2. The normalized spacial score (nSPS) is 12.0. The molecule has 0 saturated carbocycles. The molecule has 0 saturated heterocycles. The quantitative estimate of drug-likeness (QED) is 0.470. The molecule has 0 fully saturated rings. The van der Waals surface area contributed by atoms with Crippen LogP contribution in [0.3, 0.4) is 0 Å². The summed E-state index contributed by atoms with van der Waals surface area (Å²) in [6, 6.07) is 19.6. The highest BCUT2D eigenvalue weighted by Crippen LogP contribution is 2.34. The maximum Gasteiger partial charge on any atom is 0.387 e. The average Bonchev–Trinajstić information content (AvgIpc) is 2.72. The summed E-state index contributed by atoms with van der Waals surface area (Å²) in [7, 11) is 0.